The number of thiol groups is 1. The Labute approximate surface area is 123 Å². The molecular formula is C15H30O3S. The average molecular weight is 290 g/mol. The smallest absolute Gasteiger partial charge is 0.321 e. The molecule has 0 fully saturated rings. The lowest BCUT2D eigenvalue weighted by atomic mass is 10.1. The average Bonchev–Trinajstić information content (AvgIpc) is 2.39. The zero-order valence-corrected chi connectivity index (χ0v) is 13.6. The molecule has 0 N–H and O–H groups in total. The maximum absolute atomic E-state index is 11.9. The van der Waals surface area contributed by atoms with E-state index in [2.05, 4.69) is 26.5 Å². The van der Waals surface area contributed by atoms with Crippen molar-refractivity contribution in [2.45, 2.75) is 83.7 Å². The number of rotatable bonds is 12. The minimum atomic E-state index is -0.398. The highest BCUT2D eigenvalue weighted by Crippen LogP contribution is 2.14. The van der Waals surface area contributed by atoms with Gasteiger partial charge in [0.05, 0.1) is 5.25 Å². The maximum atomic E-state index is 11.9. The van der Waals surface area contributed by atoms with Crippen LogP contribution in [-0.2, 0) is 14.3 Å². The Morgan fingerprint density at radius 1 is 1.00 bits per heavy atom. The fourth-order valence-electron chi connectivity index (χ4n) is 1.84. The number of unbranched alkanes of at least 4 members (excludes halogenated alkanes) is 4. The maximum Gasteiger partial charge on any atom is 0.321 e. The summed E-state index contributed by atoms with van der Waals surface area (Å²) in [5, 5.41) is -0.319. The molecule has 0 bridgehead atoms. The molecule has 19 heavy (non-hydrogen) atoms. The first-order chi connectivity index (χ1) is 9.15. The molecule has 0 heterocycles. The predicted molar refractivity (Wildman–Crippen MR) is 82.6 cm³/mol. The standard InChI is InChI=1S/C15H30O3S/c1-4-7-9-11-13(19)15(16)18-14(17-6-3)12-10-8-5-2/h13-14,19H,4-12H2,1-3H3. The molecule has 0 aromatic carbocycles. The number of carbonyl (C=O) groups is 1. The molecule has 0 saturated heterocycles. The molecule has 0 aliphatic heterocycles. The van der Waals surface area contributed by atoms with Crippen molar-refractivity contribution < 1.29 is 14.3 Å². The van der Waals surface area contributed by atoms with Gasteiger partial charge in [0.1, 0.15) is 0 Å². The van der Waals surface area contributed by atoms with Gasteiger partial charge in [-0.05, 0) is 19.8 Å². The summed E-state index contributed by atoms with van der Waals surface area (Å²) in [6.07, 6.45) is 7.79. The highest BCUT2D eigenvalue weighted by atomic mass is 32.1. The van der Waals surface area contributed by atoms with Crippen molar-refractivity contribution >= 4 is 18.6 Å². The molecule has 0 spiro atoms. The predicted octanol–water partition coefficient (Wildman–Crippen LogP) is 4.35. The minimum absolute atomic E-state index is 0.241. The van der Waals surface area contributed by atoms with Gasteiger partial charge in [0.25, 0.3) is 0 Å². The van der Waals surface area contributed by atoms with Gasteiger partial charge >= 0.3 is 5.97 Å². The summed E-state index contributed by atoms with van der Waals surface area (Å²) in [7, 11) is 0. The van der Waals surface area contributed by atoms with Gasteiger partial charge in [-0.25, -0.2) is 0 Å². The van der Waals surface area contributed by atoms with Crippen molar-refractivity contribution in [2.24, 2.45) is 0 Å². The van der Waals surface area contributed by atoms with E-state index in [1.807, 2.05) is 6.92 Å². The number of hydrogen-bond donors (Lipinski definition) is 1. The molecule has 0 rings (SSSR count). The molecule has 4 heteroatoms. The van der Waals surface area contributed by atoms with Crippen LogP contribution in [0.15, 0.2) is 0 Å². The highest BCUT2D eigenvalue weighted by Gasteiger charge is 2.20. The molecule has 0 aromatic rings. The third-order valence-corrected chi connectivity index (χ3v) is 3.47. The normalized spacial score (nSPS) is 14.1. The van der Waals surface area contributed by atoms with Crippen LogP contribution in [0.1, 0.15) is 72.1 Å². The molecule has 2 unspecified atom stereocenters. The quantitative estimate of drug-likeness (QED) is 0.251. The molecule has 0 aliphatic carbocycles. The largest absolute Gasteiger partial charge is 0.435 e. The third-order valence-electron chi connectivity index (χ3n) is 3.00. The van der Waals surface area contributed by atoms with Crippen molar-refractivity contribution in [1.82, 2.24) is 0 Å². The summed E-state index contributed by atoms with van der Waals surface area (Å²) < 4.78 is 10.9. The van der Waals surface area contributed by atoms with Crippen molar-refractivity contribution in [3.8, 4) is 0 Å². The van der Waals surface area contributed by atoms with Gasteiger partial charge in [-0.1, -0.05) is 46.0 Å². The van der Waals surface area contributed by atoms with Gasteiger partial charge in [0.2, 0.25) is 6.29 Å². The van der Waals surface area contributed by atoms with Crippen molar-refractivity contribution in [1.29, 1.82) is 0 Å². The zero-order chi connectivity index (χ0) is 14.5. The van der Waals surface area contributed by atoms with E-state index < -0.39 is 6.29 Å². The summed E-state index contributed by atoms with van der Waals surface area (Å²) >= 11 is 4.32. The van der Waals surface area contributed by atoms with Gasteiger partial charge in [0, 0.05) is 13.0 Å². The van der Waals surface area contributed by atoms with Crippen LogP contribution in [0, 0.1) is 0 Å². The summed E-state index contributed by atoms with van der Waals surface area (Å²) in [4.78, 5) is 11.9. The van der Waals surface area contributed by atoms with Crippen molar-refractivity contribution in [3.05, 3.63) is 0 Å². The number of hydrogen-bond acceptors (Lipinski definition) is 4. The number of ether oxygens (including phenoxy) is 2. The summed E-state index contributed by atoms with van der Waals surface area (Å²) in [5.74, 6) is -0.241. The molecule has 3 nitrogen and oxygen atoms in total. The minimum Gasteiger partial charge on any atom is -0.435 e. The van der Waals surface area contributed by atoms with Gasteiger partial charge in [-0.2, -0.15) is 12.6 Å². The first-order valence-corrected chi connectivity index (χ1v) is 8.17. The van der Waals surface area contributed by atoms with Crippen molar-refractivity contribution in [2.75, 3.05) is 6.61 Å². The van der Waals surface area contributed by atoms with E-state index in [-0.39, 0.29) is 11.2 Å². The van der Waals surface area contributed by atoms with E-state index in [4.69, 9.17) is 9.47 Å². The number of esters is 1. The van der Waals surface area contributed by atoms with Crippen LogP contribution in [0.3, 0.4) is 0 Å². The van der Waals surface area contributed by atoms with Crippen LogP contribution in [0.4, 0.5) is 0 Å². The molecule has 0 saturated carbocycles. The summed E-state index contributed by atoms with van der Waals surface area (Å²) in [5.41, 5.74) is 0. The lowest BCUT2D eigenvalue weighted by molar-refractivity contribution is -0.178. The van der Waals surface area contributed by atoms with Crippen LogP contribution >= 0.6 is 12.6 Å². The SMILES string of the molecule is CCCCCC(OCC)OC(=O)C(S)CCCCC. The Hall–Kier alpha value is -0.220. The fraction of sp³-hybridized carbons (Fsp3) is 0.933. The van der Waals surface area contributed by atoms with E-state index in [0.717, 1.165) is 51.4 Å². The molecule has 2 atom stereocenters. The monoisotopic (exact) mass is 290 g/mol. The second-order valence-electron chi connectivity index (χ2n) is 4.83. The second-order valence-corrected chi connectivity index (χ2v) is 5.45. The highest BCUT2D eigenvalue weighted by molar-refractivity contribution is 7.81. The Morgan fingerprint density at radius 3 is 2.11 bits per heavy atom. The van der Waals surface area contributed by atoms with E-state index in [0.29, 0.717) is 6.61 Å². The topological polar surface area (TPSA) is 35.5 Å². The molecular weight excluding hydrogens is 260 g/mol. The first kappa shape index (κ1) is 18.8. The van der Waals surface area contributed by atoms with Crippen LogP contribution in [0.25, 0.3) is 0 Å². The van der Waals surface area contributed by atoms with Crippen LogP contribution in [-0.4, -0.2) is 24.1 Å². The van der Waals surface area contributed by atoms with E-state index in [1.54, 1.807) is 0 Å². The molecule has 114 valence electrons. The van der Waals surface area contributed by atoms with Crippen LogP contribution in [0.5, 0.6) is 0 Å². The van der Waals surface area contributed by atoms with E-state index >= 15 is 0 Å². The zero-order valence-electron chi connectivity index (χ0n) is 12.7. The summed E-state index contributed by atoms with van der Waals surface area (Å²) in [6, 6.07) is 0. The molecule has 0 aromatic heterocycles. The van der Waals surface area contributed by atoms with Crippen LogP contribution in [0.2, 0.25) is 0 Å². The number of carbonyl (C=O) groups excluding carboxylic acids is 1. The Bertz CT molecular complexity index is 221. The van der Waals surface area contributed by atoms with Gasteiger partial charge in [-0.3, -0.25) is 4.79 Å². The Morgan fingerprint density at radius 2 is 1.58 bits per heavy atom. The third kappa shape index (κ3) is 10.3. The van der Waals surface area contributed by atoms with Crippen LogP contribution < -0.4 is 0 Å². The van der Waals surface area contributed by atoms with E-state index in [1.165, 1.54) is 0 Å². The summed E-state index contributed by atoms with van der Waals surface area (Å²) in [6.45, 7) is 6.78. The van der Waals surface area contributed by atoms with Gasteiger partial charge in [-0.15, -0.1) is 0 Å². The second kappa shape index (κ2) is 12.8. The lowest BCUT2D eigenvalue weighted by Gasteiger charge is -2.19. The Balaban J connectivity index is 3.99. The van der Waals surface area contributed by atoms with Gasteiger partial charge < -0.3 is 9.47 Å². The fourth-order valence-corrected chi connectivity index (χ4v) is 2.08. The first-order valence-electron chi connectivity index (χ1n) is 7.65. The lowest BCUT2D eigenvalue weighted by Crippen LogP contribution is -2.27. The molecule has 0 radical (unpaired) electrons. The Kier molecular flexibility index (Phi) is 12.6. The van der Waals surface area contributed by atoms with E-state index in [9.17, 15) is 4.79 Å². The van der Waals surface area contributed by atoms with Gasteiger partial charge in [0.15, 0.2) is 0 Å². The van der Waals surface area contributed by atoms with Crippen molar-refractivity contribution in [3.63, 3.8) is 0 Å². The molecule has 0 amide bonds. The molecule has 0 aliphatic rings.